The number of ether oxygens (including phenoxy) is 1. The van der Waals surface area contributed by atoms with E-state index in [1.54, 1.807) is 0 Å². The Labute approximate surface area is 101 Å². The van der Waals surface area contributed by atoms with Crippen LogP contribution < -0.4 is 0 Å². The van der Waals surface area contributed by atoms with Gasteiger partial charge >= 0.3 is 8.56 Å². The number of hydrogen-bond acceptors (Lipinski definition) is 3. The largest absolute Gasteiger partial charge is 0.395 e. The third-order valence-corrected chi connectivity index (χ3v) is 4.72. The predicted octanol–water partition coefficient (Wildman–Crippen LogP) is 3.09. The van der Waals surface area contributed by atoms with Crippen molar-refractivity contribution in [3.8, 4) is 0 Å². The van der Waals surface area contributed by atoms with Gasteiger partial charge in [0.2, 0.25) is 0 Å². The van der Waals surface area contributed by atoms with Crippen LogP contribution in [-0.2, 0) is 13.6 Å². The minimum Gasteiger partial charge on any atom is -0.395 e. The third kappa shape index (κ3) is 6.63. The van der Waals surface area contributed by atoms with E-state index in [1.165, 1.54) is 19.3 Å². The highest BCUT2D eigenvalue weighted by atomic mass is 28.4. The molecule has 0 aliphatic carbocycles. The van der Waals surface area contributed by atoms with Gasteiger partial charge in [-0.25, -0.2) is 0 Å². The SMILES string of the molecule is CCO[Si](C)(C)OC(C)CCCCC1CO1. The van der Waals surface area contributed by atoms with Gasteiger partial charge in [-0.1, -0.05) is 12.8 Å². The fraction of sp³-hybridized carbons (Fsp3) is 1.00. The van der Waals surface area contributed by atoms with Gasteiger partial charge in [0.15, 0.2) is 0 Å². The maximum Gasteiger partial charge on any atom is 0.331 e. The first-order chi connectivity index (χ1) is 7.53. The van der Waals surface area contributed by atoms with Gasteiger partial charge in [-0.15, -0.1) is 0 Å². The lowest BCUT2D eigenvalue weighted by Crippen LogP contribution is -2.38. The zero-order chi connectivity index (χ0) is 12.0. The predicted molar refractivity (Wildman–Crippen MR) is 67.9 cm³/mol. The average molecular weight is 246 g/mol. The molecular weight excluding hydrogens is 220 g/mol. The van der Waals surface area contributed by atoms with Crippen molar-refractivity contribution in [3.05, 3.63) is 0 Å². The zero-order valence-electron chi connectivity index (χ0n) is 11.1. The van der Waals surface area contributed by atoms with Crippen LogP contribution in [0.1, 0.15) is 39.5 Å². The first kappa shape index (κ1) is 14.2. The Morgan fingerprint density at radius 3 is 2.62 bits per heavy atom. The van der Waals surface area contributed by atoms with Crippen LogP contribution in [0.25, 0.3) is 0 Å². The zero-order valence-corrected chi connectivity index (χ0v) is 12.1. The Morgan fingerprint density at radius 2 is 2.06 bits per heavy atom. The fourth-order valence-electron chi connectivity index (χ4n) is 1.96. The van der Waals surface area contributed by atoms with Crippen molar-refractivity contribution in [2.24, 2.45) is 0 Å². The molecule has 0 amide bonds. The van der Waals surface area contributed by atoms with Crippen molar-refractivity contribution in [1.82, 2.24) is 0 Å². The molecule has 0 bridgehead atoms. The number of unbranched alkanes of at least 4 members (excludes halogenated alkanes) is 1. The highest BCUT2D eigenvalue weighted by Crippen LogP contribution is 2.19. The Bertz CT molecular complexity index is 193. The Hall–Kier alpha value is 0.0969. The van der Waals surface area contributed by atoms with Gasteiger partial charge in [0.25, 0.3) is 0 Å². The van der Waals surface area contributed by atoms with Gasteiger partial charge in [0.05, 0.1) is 12.7 Å². The van der Waals surface area contributed by atoms with Crippen molar-refractivity contribution in [2.75, 3.05) is 13.2 Å². The van der Waals surface area contributed by atoms with Crippen molar-refractivity contribution in [3.63, 3.8) is 0 Å². The molecule has 2 unspecified atom stereocenters. The lowest BCUT2D eigenvalue weighted by Gasteiger charge is -2.26. The number of hydrogen-bond donors (Lipinski definition) is 0. The van der Waals surface area contributed by atoms with E-state index in [1.807, 2.05) is 6.92 Å². The van der Waals surface area contributed by atoms with Gasteiger partial charge in [0, 0.05) is 12.7 Å². The summed E-state index contributed by atoms with van der Waals surface area (Å²) in [5, 5.41) is 0. The van der Waals surface area contributed by atoms with Crippen LogP contribution in [0.5, 0.6) is 0 Å². The van der Waals surface area contributed by atoms with Crippen molar-refractivity contribution < 1.29 is 13.6 Å². The topological polar surface area (TPSA) is 31.0 Å². The summed E-state index contributed by atoms with van der Waals surface area (Å²) in [6, 6.07) is 0. The number of epoxide rings is 1. The lowest BCUT2D eigenvalue weighted by atomic mass is 10.1. The molecule has 1 aliphatic heterocycles. The highest BCUT2D eigenvalue weighted by Gasteiger charge is 2.26. The summed E-state index contributed by atoms with van der Waals surface area (Å²) >= 11 is 0. The normalized spacial score (nSPS) is 22.1. The summed E-state index contributed by atoms with van der Waals surface area (Å²) < 4.78 is 16.8. The Kier molecular flexibility index (Phi) is 5.96. The molecule has 1 saturated heterocycles. The molecule has 4 heteroatoms. The Balaban J connectivity index is 2.01. The molecule has 2 atom stereocenters. The molecule has 1 rings (SSSR count). The monoisotopic (exact) mass is 246 g/mol. The van der Waals surface area contributed by atoms with Crippen LogP contribution in [-0.4, -0.2) is 34.0 Å². The molecule has 0 radical (unpaired) electrons. The van der Waals surface area contributed by atoms with Crippen LogP contribution >= 0.6 is 0 Å². The van der Waals surface area contributed by atoms with Crippen molar-refractivity contribution in [1.29, 1.82) is 0 Å². The smallest absolute Gasteiger partial charge is 0.331 e. The van der Waals surface area contributed by atoms with Crippen LogP contribution in [0.4, 0.5) is 0 Å². The quantitative estimate of drug-likeness (QED) is 0.356. The van der Waals surface area contributed by atoms with Crippen molar-refractivity contribution in [2.45, 2.75) is 64.8 Å². The molecule has 3 nitrogen and oxygen atoms in total. The van der Waals surface area contributed by atoms with E-state index in [-0.39, 0.29) is 0 Å². The standard InChI is InChI=1S/C12H26O3Si/c1-5-14-16(3,4)15-11(2)8-6-7-9-12-10-13-12/h11-12H,5-10H2,1-4H3. The molecular formula is C12H26O3Si. The summed E-state index contributed by atoms with van der Waals surface area (Å²) in [6.45, 7) is 10.1. The fourth-order valence-corrected chi connectivity index (χ4v) is 3.81. The molecule has 0 aromatic heterocycles. The molecule has 0 spiro atoms. The van der Waals surface area contributed by atoms with E-state index < -0.39 is 8.56 Å². The number of rotatable bonds is 9. The molecule has 0 aromatic carbocycles. The maximum atomic E-state index is 5.99. The van der Waals surface area contributed by atoms with Gasteiger partial charge < -0.3 is 13.6 Å². The van der Waals surface area contributed by atoms with E-state index in [2.05, 4.69) is 20.0 Å². The lowest BCUT2D eigenvalue weighted by molar-refractivity contribution is 0.127. The second-order valence-corrected chi connectivity index (χ2v) is 8.33. The van der Waals surface area contributed by atoms with Gasteiger partial charge in [-0.2, -0.15) is 0 Å². The van der Waals surface area contributed by atoms with Gasteiger partial charge in [-0.3, -0.25) is 0 Å². The third-order valence-electron chi connectivity index (χ3n) is 2.77. The second-order valence-electron chi connectivity index (χ2n) is 5.00. The van der Waals surface area contributed by atoms with E-state index in [0.717, 1.165) is 19.6 Å². The second kappa shape index (κ2) is 6.74. The maximum absolute atomic E-state index is 5.99. The molecule has 1 heterocycles. The van der Waals surface area contributed by atoms with E-state index in [0.29, 0.717) is 12.2 Å². The molecule has 0 aromatic rings. The summed E-state index contributed by atoms with van der Waals surface area (Å²) in [5.74, 6) is 0. The van der Waals surface area contributed by atoms with E-state index in [9.17, 15) is 0 Å². The van der Waals surface area contributed by atoms with E-state index >= 15 is 0 Å². The average Bonchev–Trinajstić information content (AvgIpc) is 2.95. The summed E-state index contributed by atoms with van der Waals surface area (Å²) in [7, 11) is -1.86. The molecule has 96 valence electrons. The molecule has 1 fully saturated rings. The van der Waals surface area contributed by atoms with Crippen LogP contribution in [0.15, 0.2) is 0 Å². The highest BCUT2D eigenvalue weighted by molar-refractivity contribution is 6.64. The Morgan fingerprint density at radius 1 is 1.38 bits per heavy atom. The van der Waals surface area contributed by atoms with Gasteiger partial charge in [-0.05, 0) is 39.8 Å². The van der Waals surface area contributed by atoms with Crippen LogP contribution in [0, 0.1) is 0 Å². The van der Waals surface area contributed by atoms with E-state index in [4.69, 9.17) is 13.6 Å². The molecule has 0 saturated carbocycles. The minimum atomic E-state index is -1.86. The molecule has 1 aliphatic rings. The summed E-state index contributed by atoms with van der Waals surface area (Å²) in [5.41, 5.74) is 0. The van der Waals surface area contributed by atoms with Crippen LogP contribution in [0.2, 0.25) is 13.1 Å². The summed E-state index contributed by atoms with van der Waals surface area (Å²) in [6.07, 6.45) is 5.75. The van der Waals surface area contributed by atoms with Crippen LogP contribution in [0.3, 0.4) is 0 Å². The molecule has 0 N–H and O–H groups in total. The molecule has 16 heavy (non-hydrogen) atoms. The van der Waals surface area contributed by atoms with Gasteiger partial charge in [0.1, 0.15) is 0 Å². The first-order valence-corrected chi connectivity index (χ1v) is 9.28. The van der Waals surface area contributed by atoms with Crippen molar-refractivity contribution >= 4 is 8.56 Å². The first-order valence-electron chi connectivity index (χ1n) is 6.47. The summed E-state index contributed by atoms with van der Waals surface area (Å²) in [4.78, 5) is 0. The minimum absolute atomic E-state index is 0.327.